The van der Waals surface area contributed by atoms with Gasteiger partial charge in [0, 0.05) is 16.6 Å². The third-order valence-corrected chi connectivity index (χ3v) is 5.72. The van der Waals surface area contributed by atoms with Gasteiger partial charge in [-0.05, 0) is 42.0 Å². The van der Waals surface area contributed by atoms with Crippen LogP contribution < -0.4 is 4.72 Å². The van der Waals surface area contributed by atoms with Crippen molar-refractivity contribution in [2.24, 2.45) is 0 Å². The first-order valence-corrected chi connectivity index (χ1v) is 9.75. The van der Waals surface area contributed by atoms with Crippen molar-refractivity contribution in [2.75, 3.05) is 4.72 Å². The van der Waals surface area contributed by atoms with Gasteiger partial charge >= 0.3 is 5.97 Å². The molecule has 0 fully saturated rings. The van der Waals surface area contributed by atoms with E-state index in [1.54, 1.807) is 0 Å². The Bertz CT molecular complexity index is 1030. The normalized spacial score (nSPS) is 11.3. The van der Waals surface area contributed by atoms with Crippen LogP contribution in [0.5, 0.6) is 0 Å². The highest BCUT2D eigenvalue weighted by Crippen LogP contribution is 2.26. The molecule has 3 rings (SSSR count). The lowest BCUT2D eigenvalue weighted by atomic mass is 10.1. The van der Waals surface area contributed by atoms with Crippen LogP contribution in [0.15, 0.2) is 58.9 Å². The predicted molar refractivity (Wildman–Crippen MR) is 96.1 cm³/mol. The van der Waals surface area contributed by atoms with Crippen molar-refractivity contribution < 1.29 is 22.7 Å². The minimum absolute atomic E-state index is 0.139. The number of rotatable bonds is 6. The largest absolute Gasteiger partial charge is 0.481 e. The highest BCUT2D eigenvalue weighted by Gasteiger charge is 2.19. The average molecular weight is 392 g/mol. The van der Waals surface area contributed by atoms with E-state index in [0.29, 0.717) is 21.8 Å². The minimum Gasteiger partial charge on any atom is -0.481 e. The van der Waals surface area contributed by atoms with Crippen LogP contribution >= 0.6 is 11.3 Å². The SMILES string of the molecule is O=C(O)Cc1ccc(NS(=O)(=O)c2csc(-c3ccc(F)cc3)n2)cc1. The van der Waals surface area contributed by atoms with E-state index in [1.807, 2.05) is 0 Å². The molecule has 0 spiro atoms. The molecule has 0 unspecified atom stereocenters. The Morgan fingerprint density at radius 2 is 1.77 bits per heavy atom. The molecule has 134 valence electrons. The second kappa shape index (κ2) is 7.22. The number of nitrogens with one attached hydrogen (secondary N) is 1. The number of sulfonamides is 1. The highest BCUT2D eigenvalue weighted by molar-refractivity contribution is 7.92. The Labute approximate surface area is 153 Å². The smallest absolute Gasteiger partial charge is 0.307 e. The van der Waals surface area contributed by atoms with Crippen molar-refractivity contribution in [1.29, 1.82) is 0 Å². The number of hydrogen-bond donors (Lipinski definition) is 2. The molecular formula is C17H13FN2O4S2. The number of carboxylic acids is 1. The van der Waals surface area contributed by atoms with Gasteiger partial charge in [0.1, 0.15) is 10.8 Å². The number of benzene rings is 2. The predicted octanol–water partition coefficient (Wildman–Crippen LogP) is 3.38. The molecule has 2 N–H and O–H groups in total. The first kappa shape index (κ1) is 18.0. The van der Waals surface area contributed by atoms with Crippen LogP contribution in [-0.2, 0) is 21.2 Å². The number of carbonyl (C=O) groups is 1. The summed E-state index contributed by atoms with van der Waals surface area (Å²) >= 11 is 1.14. The van der Waals surface area contributed by atoms with Gasteiger partial charge in [0.15, 0.2) is 5.03 Å². The number of thiazole rings is 1. The second-order valence-electron chi connectivity index (χ2n) is 5.37. The minimum atomic E-state index is -3.89. The van der Waals surface area contributed by atoms with E-state index in [9.17, 15) is 17.6 Å². The van der Waals surface area contributed by atoms with Gasteiger partial charge in [0.05, 0.1) is 6.42 Å². The Morgan fingerprint density at radius 1 is 1.12 bits per heavy atom. The van der Waals surface area contributed by atoms with Crippen molar-refractivity contribution in [3.63, 3.8) is 0 Å². The van der Waals surface area contributed by atoms with Gasteiger partial charge < -0.3 is 5.11 Å². The Hall–Kier alpha value is -2.78. The lowest BCUT2D eigenvalue weighted by Crippen LogP contribution is -2.13. The number of carboxylic acid groups (broad SMARTS) is 1. The highest BCUT2D eigenvalue weighted by atomic mass is 32.2. The zero-order valence-electron chi connectivity index (χ0n) is 13.2. The van der Waals surface area contributed by atoms with Crippen molar-refractivity contribution >= 4 is 33.0 Å². The number of nitrogens with zero attached hydrogens (tertiary/aromatic N) is 1. The van der Waals surface area contributed by atoms with Crippen LogP contribution in [0.3, 0.4) is 0 Å². The molecule has 0 aliphatic rings. The first-order chi connectivity index (χ1) is 12.3. The fraction of sp³-hybridized carbons (Fsp3) is 0.0588. The molecule has 3 aromatic rings. The van der Waals surface area contributed by atoms with Crippen LogP contribution in [0.4, 0.5) is 10.1 Å². The summed E-state index contributed by atoms with van der Waals surface area (Å²) in [6.45, 7) is 0. The third kappa shape index (κ3) is 4.24. The maximum absolute atomic E-state index is 13.0. The van der Waals surface area contributed by atoms with Gasteiger partial charge in [-0.2, -0.15) is 8.42 Å². The summed E-state index contributed by atoms with van der Waals surface area (Å²) in [5, 5.41) is 10.5. The molecule has 0 bridgehead atoms. The Balaban J connectivity index is 1.78. The zero-order chi connectivity index (χ0) is 18.7. The summed E-state index contributed by atoms with van der Waals surface area (Å²) < 4.78 is 40.3. The van der Waals surface area contributed by atoms with E-state index in [4.69, 9.17) is 5.11 Å². The van der Waals surface area contributed by atoms with Gasteiger partial charge in [-0.25, -0.2) is 9.37 Å². The van der Waals surface area contributed by atoms with Crippen molar-refractivity contribution in [1.82, 2.24) is 4.98 Å². The monoisotopic (exact) mass is 392 g/mol. The van der Waals surface area contributed by atoms with E-state index in [0.717, 1.165) is 11.3 Å². The topological polar surface area (TPSA) is 96.4 Å². The van der Waals surface area contributed by atoms with Crippen molar-refractivity contribution in [2.45, 2.75) is 11.4 Å². The van der Waals surface area contributed by atoms with Crippen LogP contribution in [0.1, 0.15) is 5.56 Å². The molecule has 1 heterocycles. The molecule has 0 saturated heterocycles. The van der Waals surface area contributed by atoms with E-state index < -0.39 is 16.0 Å². The standard InChI is InChI=1S/C17H13FN2O4S2/c18-13-5-3-12(4-6-13)17-19-15(10-25-17)26(23,24)20-14-7-1-11(2-8-14)9-16(21)22/h1-8,10,20H,9H2,(H,21,22). The lowest BCUT2D eigenvalue weighted by molar-refractivity contribution is -0.136. The van der Waals surface area contributed by atoms with Crippen LogP contribution in [-0.4, -0.2) is 24.5 Å². The molecule has 0 amide bonds. The number of hydrogen-bond acceptors (Lipinski definition) is 5. The van der Waals surface area contributed by atoms with E-state index >= 15 is 0 Å². The summed E-state index contributed by atoms with van der Waals surface area (Å²) in [6, 6.07) is 11.7. The molecule has 0 atom stereocenters. The number of halogens is 1. The molecule has 26 heavy (non-hydrogen) atoms. The summed E-state index contributed by atoms with van der Waals surface area (Å²) in [5.41, 5.74) is 1.49. The molecular weight excluding hydrogens is 379 g/mol. The summed E-state index contributed by atoms with van der Waals surface area (Å²) in [4.78, 5) is 14.8. The molecule has 9 heteroatoms. The quantitative estimate of drug-likeness (QED) is 0.670. The molecule has 0 aliphatic carbocycles. The summed E-state index contributed by atoms with van der Waals surface area (Å²) in [6.07, 6.45) is -0.139. The van der Waals surface area contributed by atoms with Gasteiger partial charge in [-0.3, -0.25) is 9.52 Å². The molecule has 1 aromatic heterocycles. The molecule has 6 nitrogen and oxygen atoms in total. The maximum Gasteiger partial charge on any atom is 0.307 e. The lowest BCUT2D eigenvalue weighted by Gasteiger charge is -2.06. The average Bonchev–Trinajstić information content (AvgIpc) is 3.08. The van der Waals surface area contributed by atoms with Crippen LogP contribution in [0.25, 0.3) is 10.6 Å². The van der Waals surface area contributed by atoms with Gasteiger partial charge in [-0.1, -0.05) is 12.1 Å². The van der Waals surface area contributed by atoms with Gasteiger partial charge in [0.25, 0.3) is 10.0 Å². The second-order valence-corrected chi connectivity index (χ2v) is 7.86. The van der Waals surface area contributed by atoms with Crippen LogP contribution in [0.2, 0.25) is 0 Å². The summed E-state index contributed by atoms with van der Waals surface area (Å²) in [7, 11) is -3.89. The fourth-order valence-corrected chi connectivity index (χ4v) is 4.34. The van der Waals surface area contributed by atoms with Crippen molar-refractivity contribution in [3.8, 4) is 10.6 Å². The van der Waals surface area contributed by atoms with Crippen molar-refractivity contribution in [3.05, 3.63) is 65.3 Å². The zero-order valence-corrected chi connectivity index (χ0v) is 14.8. The number of anilines is 1. The first-order valence-electron chi connectivity index (χ1n) is 7.38. The molecule has 2 aromatic carbocycles. The van der Waals surface area contributed by atoms with E-state index in [2.05, 4.69) is 9.71 Å². The Morgan fingerprint density at radius 3 is 2.38 bits per heavy atom. The number of aliphatic carboxylic acids is 1. The maximum atomic E-state index is 13.0. The van der Waals surface area contributed by atoms with Gasteiger partial charge in [0.2, 0.25) is 0 Å². The van der Waals surface area contributed by atoms with Gasteiger partial charge in [-0.15, -0.1) is 11.3 Å². The van der Waals surface area contributed by atoms with E-state index in [1.165, 1.54) is 53.9 Å². The van der Waals surface area contributed by atoms with Crippen LogP contribution in [0, 0.1) is 5.82 Å². The molecule has 0 radical (unpaired) electrons. The van der Waals surface area contributed by atoms with E-state index in [-0.39, 0.29) is 17.3 Å². The Kier molecular flexibility index (Phi) is 5.01. The molecule has 0 aliphatic heterocycles. The fourth-order valence-electron chi connectivity index (χ4n) is 2.18. The summed E-state index contributed by atoms with van der Waals surface area (Å²) in [5.74, 6) is -1.35. The molecule has 0 saturated carbocycles. The third-order valence-electron chi connectivity index (χ3n) is 3.41. The number of aromatic nitrogens is 1.